The van der Waals surface area contributed by atoms with Gasteiger partial charge in [0.25, 0.3) is 5.91 Å². The van der Waals surface area contributed by atoms with Crippen LogP contribution in [0.3, 0.4) is 0 Å². The topological polar surface area (TPSA) is 82.3 Å². The van der Waals surface area contributed by atoms with Crippen LogP contribution in [-0.4, -0.2) is 18.1 Å². The van der Waals surface area contributed by atoms with Gasteiger partial charge in [-0.2, -0.15) is 5.26 Å². The maximum atomic E-state index is 12.6. The molecule has 0 saturated heterocycles. The molecule has 0 spiro atoms. The van der Waals surface area contributed by atoms with Crippen molar-refractivity contribution < 1.29 is 14.6 Å². The van der Waals surface area contributed by atoms with E-state index in [2.05, 4.69) is 21.2 Å². The molecule has 0 atom stereocenters. The number of nitriles is 1. The van der Waals surface area contributed by atoms with Crippen LogP contribution in [-0.2, 0) is 4.79 Å². The number of halogens is 1. The van der Waals surface area contributed by atoms with Crippen LogP contribution in [0.25, 0.3) is 16.8 Å². The number of amides is 1. The minimum atomic E-state index is -0.517. The second-order valence-electron chi connectivity index (χ2n) is 5.70. The van der Waals surface area contributed by atoms with E-state index in [-0.39, 0.29) is 17.1 Å². The van der Waals surface area contributed by atoms with E-state index in [4.69, 9.17) is 4.74 Å². The number of anilines is 1. The number of hydrogen-bond acceptors (Lipinski definition) is 4. The second-order valence-corrected chi connectivity index (χ2v) is 6.56. The molecule has 3 aromatic carbocycles. The summed E-state index contributed by atoms with van der Waals surface area (Å²) in [5, 5.41) is 24.0. The zero-order chi connectivity index (χ0) is 19.4. The smallest absolute Gasteiger partial charge is 0.266 e. The molecule has 6 heteroatoms. The third-order valence-electron chi connectivity index (χ3n) is 3.98. The van der Waals surface area contributed by atoms with Crippen molar-refractivity contribution in [2.24, 2.45) is 0 Å². The molecule has 27 heavy (non-hydrogen) atoms. The molecule has 134 valence electrons. The van der Waals surface area contributed by atoms with Crippen LogP contribution in [0.1, 0.15) is 5.56 Å². The van der Waals surface area contributed by atoms with Gasteiger partial charge in [-0.15, -0.1) is 0 Å². The van der Waals surface area contributed by atoms with E-state index >= 15 is 0 Å². The fourth-order valence-electron chi connectivity index (χ4n) is 2.67. The van der Waals surface area contributed by atoms with Crippen LogP contribution < -0.4 is 10.1 Å². The van der Waals surface area contributed by atoms with E-state index in [0.29, 0.717) is 15.7 Å². The molecule has 0 unspecified atom stereocenters. The van der Waals surface area contributed by atoms with Crippen molar-refractivity contribution in [3.05, 3.63) is 70.2 Å². The zero-order valence-corrected chi connectivity index (χ0v) is 15.9. The minimum absolute atomic E-state index is 0.0478. The van der Waals surface area contributed by atoms with Crippen molar-refractivity contribution in [2.75, 3.05) is 12.4 Å². The monoisotopic (exact) mass is 422 g/mol. The van der Waals surface area contributed by atoms with E-state index < -0.39 is 5.91 Å². The first-order valence-electron chi connectivity index (χ1n) is 8.01. The molecule has 0 heterocycles. The maximum absolute atomic E-state index is 12.6. The van der Waals surface area contributed by atoms with E-state index in [1.54, 1.807) is 18.2 Å². The molecule has 1 amide bonds. The third-order valence-corrected chi connectivity index (χ3v) is 4.59. The number of methoxy groups -OCH3 is 1. The van der Waals surface area contributed by atoms with Crippen molar-refractivity contribution >= 4 is 44.4 Å². The van der Waals surface area contributed by atoms with Gasteiger partial charge in [0.05, 0.1) is 11.6 Å². The Labute approximate surface area is 164 Å². The van der Waals surface area contributed by atoms with Gasteiger partial charge in [-0.05, 0) is 51.2 Å². The number of rotatable bonds is 4. The number of phenols is 1. The number of phenolic OH excluding ortho intramolecular Hbond substituents is 1. The summed E-state index contributed by atoms with van der Waals surface area (Å²) >= 11 is 3.22. The van der Waals surface area contributed by atoms with Gasteiger partial charge in [0, 0.05) is 11.1 Å². The van der Waals surface area contributed by atoms with E-state index in [9.17, 15) is 15.2 Å². The van der Waals surface area contributed by atoms with Crippen molar-refractivity contribution in [1.82, 2.24) is 0 Å². The second kappa shape index (κ2) is 7.94. The summed E-state index contributed by atoms with van der Waals surface area (Å²) in [6.07, 6.45) is 1.44. The maximum Gasteiger partial charge on any atom is 0.266 e. The van der Waals surface area contributed by atoms with Gasteiger partial charge in [0.2, 0.25) is 0 Å². The normalized spacial score (nSPS) is 11.1. The number of carbonyl (C=O) groups is 1. The zero-order valence-electron chi connectivity index (χ0n) is 14.4. The largest absolute Gasteiger partial charge is 0.503 e. The Morgan fingerprint density at radius 1 is 1.22 bits per heavy atom. The van der Waals surface area contributed by atoms with Crippen LogP contribution in [0.5, 0.6) is 11.5 Å². The van der Waals surface area contributed by atoms with Crippen molar-refractivity contribution in [3.8, 4) is 17.6 Å². The number of nitrogens with one attached hydrogen (secondary N) is 1. The van der Waals surface area contributed by atoms with Crippen LogP contribution >= 0.6 is 15.9 Å². The van der Waals surface area contributed by atoms with Crippen LogP contribution in [0, 0.1) is 11.3 Å². The third kappa shape index (κ3) is 3.94. The van der Waals surface area contributed by atoms with Crippen LogP contribution in [0.2, 0.25) is 0 Å². The number of hydrogen-bond donors (Lipinski definition) is 2. The highest BCUT2D eigenvalue weighted by Gasteiger charge is 2.13. The lowest BCUT2D eigenvalue weighted by molar-refractivity contribution is -0.112. The first-order valence-corrected chi connectivity index (χ1v) is 8.80. The Morgan fingerprint density at radius 2 is 1.96 bits per heavy atom. The van der Waals surface area contributed by atoms with Crippen LogP contribution in [0.4, 0.5) is 5.69 Å². The van der Waals surface area contributed by atoms with E-state index in [1.165, 1.54) is 13.2 Å². The average molecular weight is 423 g/mol. The lowest BCUT2D eigenvalue weighted by Gasteiger charge is -2.09. The van der Waals surface area contributed by atoms with Crippen LogP contribution in [0.15, 0.2) is 64.6 Å². The summed E-state index contributed by atoms with van der Waals surface area (Å²) < 4.78 is 5.50. The van der Waals surface area contributed by atoms with Gasteiger partial charge >= 0.3 is 0 Å². The molecule has 0 bridgehead atoms. The summed E-state index contributed by atoms with van der Waals surface area (Å²) in [4.78, 5) is 12.6. The quantitative estimate of drug-likeness (QED) is 0.464. The van der Waals surface area contributed by atoms with Gasteiger partial charge in [-0.3, -0.25) is 4.79 Å². The number of fused-ring (bicyclic) bond motifs is 1. The molecule has 0 fully saturated rings. The predicted octanol–water partition coefficient (Wildman–Crippen LogP) is 4.86. The highest BCUT2D eigenvalue weighted by Crippen LogP contribution is 2.35. The van der Waals surface area contributed by atoms with Gasteiger partial charge in [0.15, 0.2) is 11.5 Å². The number of ether oxygens (including phenoxy) is 1. The van der Waals surface area contributed by atoms with Crippen molar-refractivity contribution in [1.29, 1.82) is 5.26 Å². The van der Waals surface area contributed by atoms with E-state index in [0.717, 1.165) is 10.8 Å². The summed E-state index contributed by atoms with van der Waals surface area (Å²) in [7, 11) is 1.42. The minimum Gasteiger partial charge on any atom is -0.503 e. The molecule has 5 nitrogen and oxygen atoms in total. The van der Waals surface area contributed by atoms with Gasteiger partial charge < -0.3 is 15.2 Å². The predicted molar refractivity (Wildman–Crippen MR) is 109 cm³/mol. The number of nitrogens with zero attached hydrogens (tertiary/aromatic N) is 1. The summed E-state index contributed by atoms with van der Waals surface area (Å²) in [5.41, 5.74) is 1.10. The molecular weight excluding hydrogens is 408 g/mol. The number of aromatic hydroxyl groups is 1. The average Bonchev–Trinajstić information content (AvgIpc) is 2.68. The lowest BCUT2D eigenvalue weighted by atomic mass is 10.1. The molecule has 3 rings (SSSR count). The van der Waals surface area contributed by atoms with Gasteiger partial charge in [-0.25, -0.2) is 0 Å². The standard InChI is InChI=1S/C21H15BrN2O3/c1-27-19-11-13(10-17(22)20(19)25)9-15(12-23)21(26)24-18-8-4-6-14-5-2-3-7-16(14)18/h2-11,25H,1H3,(H,24,26). The fraction of sp³-hybridized carbons (Fsp3) is 0.0476. The SMILES string of the molecule is COc1cc(C=C(C#N)C(=O)Nc2cccc3ccccc23)cc(Br)c1O. The molecule has 0 radical (unpaired) electrons. The summed E-state index contributed by atoms with van der Waals surface area (Å²) in [5.74, 6) is -0.326. The Bertz CT molecular complexity index is 1100. The molecule has 0 aliphatic carbocycles. The Balaban J connectivity index is 1.94. The highest BCUT2D eigenvalue weighted by atomic mass is 79.9. The van der Waals surface area contributed by atoms with Gasteiger partial charge in [0.1, 0.15) is 11.6 Å². The fourth-order valence-corrected chi connectivity index (χ4v) is 3.13. The van der Waals surface area contributed by atoms with Gasteiger partial charge in [-0.1, -0.05) is 36.4 Å². The molecule has 2 N–H and O–H groups in total. The number of carbonyl (C=O) groups excluding carboxylic acids is 1. The first-order chi connectivity index (χ1) is 13.0. The Hall–Kier alpha value is -3.30. The molecule has 0 aliphatic rings. The molecule has 3 aromatic rings. The highest BCUT2D eigenvalue weighted by molar-refractivity contribution is 9.10. The summed E-state index contributed by atoms with van der Waals surface area (Å²) in [6.45, 7) is 0. The van der Waals surface area contributed by atoms with E-state index in [1.807, 2.05) is 42.5 Å². The number of benzene rings is 3. The molecule has 0 aromatic heterocycles. The Morgan fingerprint density at radius 3 is 2.70 bits per heavy atom. The van der Waals surface area contributed by atoms with Crippen molar-refractivity contribution in [2.45, 2.75) is 0 Å². The lowest BCUT2D eigenvalue weighted by Crippen LogP contribution is -2.13. The first kappa shape index (κ1) is 18.5. The molecular formula is C21H15BrN2O3. The molecule has 0 aliphatic heterocycles. The van der Waals surface area contributed by atoms with Crippen molar-refractivity contribution in [3.63, 3.8) is 0 Å². The summed E-state index contributed by atoms with van der Waals surface area (Å²) in [6, 6.07) is 18.3. The molecule has 0 saturated carbocycles. The Kier molecular flexibility index (Phi) is 5.43.